The van der Waals surface area contributed by atoms with Gasteiger partial charge >= 0.3 is 0 Å². The molecule has 0 saturated heterocycles. The predicted octanol–water partition coefficient (Wildman–Crippen LogP) is 2.81. The van der Waals surface area contributed by atoms with E-state index in [9.17, 15) is 0 Å². The van der Waals surface area contributed by atoms with E-state index >= 15 is 0 Å². The molecule has 1 aromatic rings. The molecule has 0 spiro atoms. The zero-order chi connectivity index (χ0) is 12.0. The molecule has 0 radical (unpaired) electrons. The van der Waals surface area contributed by atoms with E-state index in [4.69, 9.17) is 0 Å². The number of aromatic nitrogens is 3. The standard InChI is InChI=1S/C11H21BrN4/c1-4-6-7-9(13-8-5-2)10-11(12)14-15-16(10)3/h9,13H,4-8H2,1-3H3. The zero-order valence-corrected chi connectivity index (χ0v) is 11.9. The molecule has 92 valence electrons. The molecule has 0 aliphatic rings. The first-order valence-corrected chi connectivity index (χ1v) is 6.78. The van der Waals surface area contributed by atoms with Gasteiger partial charge in [-0.05, 0) is 35.3 Å². The van der Waals surface area contributed by atoms with Gasteiger partial charge in [-0.25, -0.2) is 4.68 Å². The molecule has 1 unspecified atom stereocenters. The lowest BCUT2D eigenvalue weighted by molar-refractivity contribution is 0.452. The lowest BCUT2D eigenvalue weighted by atomic mass is 10.1. The van der Waals surface area contributed by atoms with Crippen LogP contribution in [0.1, 0.15) is 51.3 Å². The SMILES string of the molecule is CCCCC(NCCC)c1c(Br)nnn1C. The summed E-state index contributed by atoms with van der Waals surface area (Å²) in [5, 5.41) is 11.6. The number of hydrogen-bond donors (Lipinski definition) is 1. The van der Waals surface area contributed by atoms with E-state index in [2.05, 4.69) is 45.4 Å². The van der Waals surface area contributed by atoms with Crippen LogP contribution in [0.3, 0.4) is 0 Å². The van der Waals surface area contributed by atoms with Crippen LogP contribution in [0.5, 0.6) is 0 Å². The lowest BCUT2D eigenvalue weighted by Crippen LogP contribution is -2.24. The summed E-state index contributed by atoms with van der Waals surface area (Å²) in [6.07, 6.45) is 4.72. The highest BCUT2D eigenvalue weighted by molar-refractivity contribution is 9.10. The van der Waals surface area contributed by atoms with E-state index in [-0.39, 0.29) is 0 Å². The summed E-state index contributed by atoms with van der Waals surface area (Å²) in [7, 11) is 1.94. The Labute approximate surface area is 106 Å². The Morgan fingerprint density at radius 2 is 2.12 bits per heavy atom. The molecule has 1 rings (SSSR count). The Kier molecular flexibility index (Phi) is 5.98. The molecule has 1 aromatic heterocycles. The summed E-state index contributed by atoms with van der Waals surface area (Å²) in [6, 6.07) is 0.356. The van der Waals surface area contributed by atoms with Crippen LogP contribution in [0.25, 0.3) is 0 Å². The van der Waals surface area contributed by atoms with Crippen molar-refractivity contribution in [3.63, 3.8) is 0 Å². The van der Waals surface area contributed by atoms with Gasteiger partial charge in [0.1, 0.15) is 0 Å². The maximum atomic E-state index is 4.04. The second-order valence-electron chi connectivity index (χ2n) is 4.04. The van der Waals surface area contributed by atoms with Crippen molar-refractivity contribution in [3.8, 4) is 0 Å². The summed E-state index contributed by atoms with van der Waals surface area (Å²) in [5.74, 6) is 0. The van der Waals surface area contributed by atoms with Crippen LogP contribution in [0.15, 0.2) is 4.60 Å². The second-order valence-corrected chi connectivity index (χ2v) is 4.79. The van der Waals surface area contributed by atoms with Gasteiger partial charge in [0.2, 0.25) is 0 Å². The maximum absolute atomic E-state index is 4.04. The first kappa shape index (κ1) is 13.6. The summed E-state index contributed by atoms with van der Waals surface area (Å²) in [6.45, 7) is 5.43. The normalized spacial score (nSPS) is 13.0. The fourth-order valence-electron chi connectivity index (χ4n) is 1.77. The summed E-state index contributed by atoms with van der Waals surface area (Å²) < 4.78 is 2.72. The van der Waals surface area contributed by atoms with E-state index in [1.54, 1.807) is 0 Å². The minimum absolute atomic E-state index is 0.356. The molecule has 1 heterocycles. The van der Waals surface area contributed by atoms with Crippen LogP contribution in [0.4, 0.5) is 0 Å². The number of hydrogen-bond acceptors (Lipinski definition) is 3. The van der Waals surface area contributed by atoms with E-state index in [0.717, 1.165) is 29.7 Å². The number of aryl methyl sites for hydroxylation is 1. The fraction of sp³-hybridized carbons (Fsp3) is 0.818. The van der Waals surface area contributed by atoms with E-state index in [1.807, 2.05) is 11.7 Å². The highest BCUT2D eigenvalue weighted by Gasteiger charge is 2.18. The molecule has 1 N–H and O–H groups in total. The summed E-state index contributed by atoms with van der Waals surface area (Å²) in [5.41, 5.74) is 1.15. The molecule has 0 amide bonds. The van der Waals surface area contributed by atoms with Gasteiger partial charge in [0, 0.05) is 7.05 Å². The van der Waals surface area contributed by atoms with Gasteiger partial charge in [-0.1, -0.05) is 31.9 Å². The Morgan fingerprint density at radius 1 is 1.38 bits per heavy atom. The van der Waals surface area contributed by atoms with Crippen molar-refractivity contribution in [2.75, 3.05) is 6.54 Å². The van der Waals surface area contributed by atoms with E-state index in [0.29, 0.717) is 6.04 Å². The molecule has 1 atom stereocenters. The third-order valence-electron chi connectivity index (χ3n) is 2.64. The molecule has 0 aliphatic carbocycles. The monoisotopic (exact) mass is 288 g/mol. The average Bonchev–Trinajstić information content (AvgIpc) is 2.60. The van der Waals surface area contributed by atoms with Crippen molar-refractivity contribution in [2.45, 2.75) is 45.6 Å². The van der Waals surface area contributed by atoms with E-state index in [1.165, 1.54) is 12.8 Å². The molecule has 0 aromatic carbocycles. The molecule has 4 nitrogen and oxygen atoms in total. The van der Waals surface area contributed by atoms with Gasteiger partial charge in [-0.3, -0.25) is 0 Å². The number of nitrogens with one attached hydrogen (secondary N) is 1. The highest BCUT2D eigenvalue weighted by Crippen LogP contribution is 2.24. The number of halogens is 1. The van der Waals surface area contributed by atoms with Crippen molar-refractivity contribution < 1.29 is 0 Å². The van der Waals surface area contributed by atoms with Gasteiger partial charge in [-0.15, -0.1) is 5.10 Å². The first-order chi connectivity index (χ1) is 7.70. The first-order valence-electron chi connectivity index (χ1n) is 5.99. The number of nitrogens with zero attached hydrogens (tertiary/aromatic N) is 3. The largest absolute Gasteiger partial charge is 0.309 e. The Bertz CT molecular complexity index is 283. The van der Waals surface area contributed by atoms with Crippen LogP contribution in [-0.2, 0) is 7.05 Å². The van der Waals surface area contributed by atoms with Crippen LogP contribution in [0.2, 0.25) is 0 Å². The maximum Gasteiger partial charge on any atom is 0.153 e. The van der Waals surface area contributed by atoms with Gasteiger partial charge in [0.25, 0.3) is 0 Å². The molecular formula is C11H21BrN4. The van der Waals surface area contributed by atoms with Crippen molar-refractivity contribution in [1.82, 2.24) is 20.3 Å². The lowest BCUT2D eigenvalue weighted by Gasteiger charge is -2.18. The van der Waals surface area contributed by atoms with Gasteiger partial charge < -0.3 is 5.32 Å². The second kappa shape index (κ2) is 7.01. The molecular weight excluding hydrogens is 268 g/mol. The predicted molar refractivity (Wildman–Crippen MR) is 69.3 cm³/mol. The Morgan fingerprint density at radius 3 is 2.62 bits per heavy atom. The fourth-order valence-corrected chi connectivity index (χ4v) is 2.37. The number of rotatable bonds is 7. The molecule has 0 fully saturated rings. The van der Waals surface area contributed by atoms with Crippen LogP contribution < -0.4 is 5.32 Å². The van der Waals surface area contributed by atoms with E-state index < -0.39 is 0 Å². The average molecular weight is 289 g/mol. The van der Waals surface area contributed by atoms with Crippen LogP contribution in [0, 0.1) is 0 Å². The molecule has 0 saturated carbocycles. The van der Waals surface area contributed by atoms with Crippen molar-refractivity contribution in [1.29, 1.82) is 0 Å². The third kappa shape index (κ3) is 3.56. The smallest absolute Gasteiger partial charge is 0.153 e. The summed E-state index contributed by atoms with van der Waals surface area (Å²) >= 11 is 3.47. The van der Waals surface area contributed by atoms with Gasteiger partial charge in [0.05, 0.1) is 11.7 Å². The molecule has 0 bridgehead atoms. The molecule has 0 aliphatic heterocycles. The van der Waals surface area contributed by atoms with Gasteiger partial charge in [0.15, 0.2) is 4.60 Å². The number of unbranched alkanes of at least 4 members (excludes halogenated alkanes) is 1. The topological polar surface area (TPSA) is 42.7 Å². The van der Waals surface area contributed by atoms with Crippen LogP contribution >= 0.6 is 15.9 Å². The Hall–Kier alpha value is -0.420. The van der Waals surface area contributed by atoms with Crippen molar-refractivity contribution >= 4 is 15.9 Å². The zero-order valence-electron chi connectivity index (χ0n) is 10.3. The quantitative estimate of drug-likeness (QED) is 0.839. The summed E-state index contributed by atoms with van der Waals surface area (Å²) in [4.78, 5) is 0. The Balaban J connectivity index is 2.74. The van der Waals surface area contributed by atoms with Crippen molar-refractivity contribution in [2.24, 2.45) is 7.05 Å². The van der Waals surface area contributed by atoms with Crippen molar-refractivity contribution in [3.05, 3.63) is 10.3 Å². The third-order valence-corrected chi connectivity index (χ3v) is 3.21. The molecule has 5 heteroatoms. The molecule has 16 heavy (non-hydrogen) atoms. The minimum Gasteiger partial charge on any atom is -0.309 e. The van der Waals surface area contributed by atoms with Gasteiger partial charge in [-0.2, -0.15) is 0 Å². The highest BCUT2D eigenvalue weighted by atomic mass is 79.9. The van der Waals surface area contributed by atoms with Crippen LogP contribution in [-0.4, -0.2) is 21.5 Å². The minimum atomic E-state index is 0.356.